The third-order valence-corrected chi connectivity index (χ3v) is 2.21. The van der Waals surface area contributed by atoms with E-state index in [9.17, 15) is 4.39 Å². The van der Waals surface area contributed by atoms with Crippen molar-refractivity contribution in [2.24, 2.45) is 5.84 Å². The third-order valence-electron chi connectivity index (χ3n) is 2.21. The molecule has 1 rings (SSSR count). The molecule has 0 amide bonds. The summed E-state index contributed by atoms with van der Waals surface area (Å²) in [5.41, 5.74) is 3.90. The Morgan fingerprint density at radius 1 is 1.54 bits per heavy atom. The van der Waals surface area contributed by atoms with Crippen molar-refractivity contribution in [2.45, 2.75) is 26.3 Å². The molecule has 3 N–H and O–H groups in total. The van der Waals surface area contributed by atoms with Gasteiger partial charge in [0.05, 0.1) is 0 Å². The van der Waals surface area contributed by atoms with Gasteiger partial charge in [0.25, 0.3) is 0 Å². The first-order chi connectivity index (χ1) is 6.20. The van der Waals surface area contributed by atoms with E-state index in [1.807, 2.05) is 13.0 Å². The molecule has 0 radical (unpaired) electrons. The van der Waals surface area contributed by atoms with Gasteiger partial charge < -0.3 is 0 Å². The van der Waals surface area contributed by atoms with Gasteiger partial charge >= 0.3 is 0 Å². The standard InChI is InChI=1S/C10H15FN2/c1-3-9(13-12)8-6-4-5-7(2)10(8)11/h4-6,9,13H,3,12H2,1-2H3. The summed E-state index contributed by atoms with van der Waals surface area (Å²) in [5.74, 6) is 5.16. The van der Waals surface area contributed by atoms with E-state index in [-0.39, 0.29) is 11.9 Å². The zero-order chi connectivity index (χ0) is 9.84. The van der Waals surface area contributed by atoms with Gasteiger partial charge in [-0.2, -0.15) is 0 Å². The molecule has 0 heterocycles. The molecule has 0 aromatic heterocycles. The predicted octanol–water partition coefficient (Wildman–Crippen LogP) is 2.05. The second-order valence-corrected chi connectivity index (χ2v) is 3.11. The summed E-state index contributed by atoms with van der Waals surface area (Å²) in [5, 5.41) is 0. The molecule has 1 atom stereocenters. The minimum atomic E-state index is -0.160. The van der Waals surface area contributed by atoms with E-state index in [2.05, 4.69) is 5.43 Å². The molecular weight excluding hydrogens is 167 g/mol. The zero-order valence-electron chi connectivity index (χ0n) is 7.97. The number of hydrogen-bond acceptors (Lipinski definition) is 2. The summed E-state index contributed by atoms with van der Waals surface area (Å²) >= 11 is 0. The molecule has 1 unspecified atom stereocenters. The Labute approximate surface area is 77.9 Å². The topological polar surface area (TPSA) is 38.0 Å². The maximum atomic E-state index is 13.5. The Kier molecular flexibility index (Phi) is 3.39. The van der Waals surface area contributed by atoms with E-state index < -0.39 is 0 Å². The van der Waals surface area contributed by atoms with Crippen LogP contribution in [0.15, 0.2) is 18.2 Å². The highest BCUT2D eigenvalue weighted by Crippen LogP contribution is 2.21. The fraction of sp³-hybridized carbons (Fsp3) is 0.400. The minimum Gasteiger partial charge on any atom is -0.271 e. The maximum absolute atomic E-state index is 13.5. The van der Waals surface area contributed by atoms with Crippen LogP contribution in [0.2, 0.25) is 0 Å². The van der Waals surface area contributed by atoms with Crippen LogP contribution in [0.4, 0.5) is 4.39 Å². The summed E-state index contributed by atoms with van der Waals surface area (Å²) in [6, 6.07) is 5.26. The lowest BCUT2D eigenvalue weighted by Crippen LogP contribution is -2.28. The quantitative estimate of drug-likeness (QED) is 0.554. The van der Waals surface area contributed by atoms with E-state index in [0.29, 0.717) is 11.1 Å². The molecule has 0 aliphatic heterocycles. The van der Waals surface area contributed by atoms with Crippen LogP contribution in [0.25, 0.3) is 0 Å². The van der Waals surface area contributed by atoms with E-state index in [0.717, 1.165) is 6.42 Å². The molecule has 1 aromatic carbocycles. The average molecular weight is 182 g/mol. The minimum absolute atomic E-state index is 0.0973. The van der Waals surface area contributed by atoms with Gasteiger partial charge in [0, 0.05) is 11.6 Å². The Morgan fingerprint density at radius 2 is 2.23 bits per heavy atom. The van der Waals surface area contributed by atoms with Crippen molar-refractivity contribution < 1.29 is 4.39 Å². The van der Waals surface area contributed by atoms with Crippen molar-refractivity contribution in [1.82, 2.24) is 5.43 Å². The summed E-state index contributed by atoms with van der Waals surface area (Å²) < 4.78 is 13.5. The molecule has 0 saturated heterocycles. The normalized spacial score (nSPS) is 12.9. The first-order valence-corrected chi connectivity index (χ1v) is 4.41. The van der Waals surface area contributed by atoms with Crippen molar-refractivity contribution in [2.75, 3.05) is 0 Å². The molecule has 0 spiro atoms. The summed E-state index contributed by atoms with van der Waals surface area (Å²) in [6.07, 6.45) is 0.775. The van der Waals surface area contributed by atoms with Gasteiger partial charge in [0.2, 0.25) is 0 Å². The fourth-order valence-electron chi connectivity index (χ4n) is 1.37. The number of benzene rings is 1. The maximum Gasteiger partial charge on any atom is 0.130 e. The Balaban J connectivity index is 3.05. The Hall–Kier alpha value is -0.930. The molecule has 1 aromatic rings. The van der Waals surface area contributed by atoms with Crippen molar-refractivity contribution in [3.05, 3.63) is 35.1 Å². The van der Waals surface area contributed by atoms with Crippen molar-refractivity contribution >= 4 is 0 Å². The van der Waals surface area contributed by atoms with Crippen LogP contribution in [0.3, 0.4) is 0 Å². The lowest BCUT2D eigenvalue weighted by molar-refractivity contribution is 0.499. The van der Waals surface area contributed by atoms with Crippen molar-refractivity contribution in [3.63, 3.8) is 0 Å². The Bertz CT molecular complexity index is 282. The molecule has 3 heteroatoms. The van der Waals surface area contributed by atoms with Gasteiger partial charge in [0.15, 0.2) is 0 Å². The SMILES string of the molecule is CCC(NN)c1cccc(C)c1F. The van der Waals surface area contributed by atoms with Crippen LogP contribution in [0.5, 0.6) is 0 Å². The molecule has 0 aliphatic rings. The summed E-state index contributed by atoms with van der Waals surface area (Å²) in [6.45, 7) is 3.72. The molecule has 0 fully saturated rings. The number of hydrogen-bond donors (Lipinski definition) is 2. The van der Waals surface area contributed by atoms with Crippen molar-refractivity contribution in [1.29, 1.82) is 0 Å². The zero-order valence-corrected chi connectivity index (χ0v) is 7.97. The molecule has 0 saturated carbocycles. The van der Waals surface area contributed by atoms with Crippen molar-refractivity contribution in [3.8, 4) is 0 Å². The monoisotopic (exact) mass is 182 g/mol. The van der Waals surface area contributed by atoms with Crippen LogP contribution in [0, 0.1) is 12.7 Å². The molecule has 13 heavy (non-hydrogen) atoms. The van der Waals surface area contributed by atoms with E-state index in [1.54, 1.807) is 19.1 Å². The van der Waals surface area contributed by atoms with Gasteiger partial charge in [-0.05, 0) is 18.9 Å². The van der Waals surface area contributed by atoms with Crippen LogP contribution >= 0.6 is 0 Å². The highest BCUT2D eigenvalue weighted by molar-refractivity contribution is 5.27. The van der Waals surface area contributed by atoms with E-state index >= 15 is 0 Å². The first kappa shape index (κ1) is 10.2. The highest BCUT2D eigenvalue weighted by Gasteiger charge is 2.12. The molecule has 0 aliphatic carbocycles. The number of aryl methyl sites for hydroxylation is 1. The second-order valence-electron chi connectivity index (χ2n) is 3.11. The van der Waals surface area contributed by atoms with Crippen LogP contribution < -0.4 is 11.3 Å². The predicted molar refractivity (Wildman–Crippen MR) is 51.5 cm³/mol. The number of nitrogens with two attached hydrogens (primary N) is 1. The average Bonchev–Trinajstić information content (AvgIpc) is 2.14. The number of rotatable bonds is 3. The number of nitrogens with one attached hydrogen (secondary N) is 1. The van der Waals surface area contributed by atoms with Crippen LogP contribution in [-0.2, 0) is 0 Å². The smallest absolute Gasteiger partial charge is 0.130 e. The van der Waals surface area contributed by atoms with Gasteiger partial charge in [-0.3, -0.25) is 11.3 Å². The van der Waals surface area contributed by atoms with E-state index in [1.165, 1.54) is 0 Å². The molecule has 72 valence electrons. The van der Waals surface area contributed by atoms with Gasteiger partial charge in [-0.1, -0.05) is 25.1 Å². The van der Waals surface area contributed by atoms with Crippen LogP contribution in [-0.4, -0.2) is 0 Å². The van der Waals surface area contributed by atoms with Gasteiger partial charge in [-0.25, -0.2) is 4.39 Å². The summed E-state index contributed by atoms with van der Waals surface area (Å²) in [4.78, 5) is 0. The third kappa shape index (κ3) is 2.05. The molecule has 2 nitrogen and oxygen atoms in total. The van der Waals surface area contributed by atoms with E-state index in [4.69, 9.17) is 5.84 Å². The fourth-order valence-corrected chi connectivity index (χ4v) is 1.37. The lowest BCUT2D eigenvalue weighted by Gasteiger charge is -2.15. The molecule has 0 bridgehead atoms. The lowest BCUT2D eigenvalue weighted by atomic mass is 10.0. The van der Waals surface area contributed by atoms with Gasteiger partial charge in [-0.15, -0.1) is 0 Å². The number of halogens is 1. The van der Waals surface area contributed by atoms with Crippen LogP contribution in [0.1, 0.15) is 30.5 Å². The largest absolute Gasteiger partial charge is 0.271 e. The number of hydrazine groups is 1. The molecular formula is C10H15FN2. The van der Waals surface area contributed by atoms with Gasteiger partial charge in [0.1, 0.15) is 5.82 Å². The summed E-state index contributed by atoms with van der Waals surface area (Å²) in [7, 11) is 0. The first-order valence-electron chi connectivity index (χ1n) is 4.41. The Morgan fingerprint density at radius 3 is 2.77 bits per heavy atom. The highest BCUT2D eigenvalue weighted by atomic mass is 19.1. The second kappa shape index (κ2) is 4.35.